The summed E-state index contributed by atoms with van der Waals surface area (Å²) in [6.07, 6.45) is 0. The van der Waals surface area contributed by atoms with E-state index >= 15 is 0 Å². The number of hydrogen-bond donors (Lipinski definition) is 3. The van der Waals surface area contributed by atoms with Gasteiger partial charge in [-0.2, -0.15) is 0 Å². The molecule has 0 saturated carbocycles. The van der Waals surface area contributed by atoms with Crippen LogP contribution in [0.1, 0.15) is 17.3 Å². The van der Waals surface area contributed by atoms with Gasteiger partial charge in [0.05, 0.1) is 11.3 Å². The Labute approximate surface area is 126 Å². The van der Waals surface area contributed by atoms with Crippen molar-refractivity contribution in [3.63, 3.8) is 0 Å². The van der Waals surface area contributed by atoms with Crippen LogP contribution in [0.2, 0.25) is 0 Å². The van der Waals surface area contributed by atoms with Crippen molar-refractivity contribution in [2.24, 2.45) is 0 Å². The molecule has 7 heteroatoms. The van der Waals surface area contributed by atoms with Gasteiger partial charge in [-0.25, -0.2) is 9.59 Å². The molecule has 6 nitrogen and oxygen atoms in total. The normalized spacial score (nSPS) is 12.1. The second kappa shape index (κ2) is 7.25. The van der Waals surface area contributed by atoms with Crippen LogP contribution >= 0.6 is 15.9 Å². The monoisotopic (exact) mass is 343 g/mol. The maximum absolute atomic E-state index is 11.8. The fraction of sp³-hybridized carbons (Fsp3) is 0.385. The van der Waals surface area contributed by atoms with Crippen molar-refractivity contribution in [3.05, 3.63) is 28.2 Å². The number of hydrogen-bond acceptors (Lipinski definition) is 3. The SMILES string of the molecule is CC(CNC(=O)Nc1cc(Br)ccc1C(=O)O)N(C)C. The van der Waals surface area contributed by atoms with Crippen LogP contribution in [0.5, 0.6) is 0 Å². The lowest BCUT2D eigenvalue weighted by molar-refractivity contribution is 0.0698. The molecule has 0 radical (unpaired) electrons. The van der Waals surface area contributed by atoms with Gasteiger partial charge in [0.1, 0.15) is 0 Å². The largest absolute Gasteiger partial charge is 0.478 e. The summed E-state index contributed by atoms with van der Waals surface area (Å²) in [7, 11) is 3.84. The molecule has 3 N–H and O–H groups in total. The Hall–Kier alpha value is -1.60. The van der Waals surface area contributed by atoms with Crippen molar-refractivity contribution in [3.8, 4) is 0 Å². The van der Waals surface area contributed by atoms with Gasteiger partial charge in [-0.15, -0.1) is 0 Å². The zero-order chi connectivity index (χ0) is 15.3. The highest BCUT2D eigenvalue weighted by molar-refractivity contribution is 9.10. The lowest BCUT2D eigenvalue weighted by Gasteiger charge is -2.20. The Morgan fingerprint density at radius 2 is 2.05 bits per heavy atom. The summed E-state index contributed by atoms with van der Waals surface area (Å²) in [5.74, 6) is -1.09. The molecule has 0 fully saturated rings. The van der Waals surface area contributed by atoms with Crippen LogP contribution < -0.4 is 10.6 Å². The quantitative estimate of drug-likeness (QED) is 0.765. The minimum Gasteiger partial charge on any atom is -0.478 e. The van der Waals surface area contributed by atoms with Gasteiger partial charge in [-0.3, -0.25) is 0 Å². The number of halogens is 1. The Bertz CT molecular complexity index is 506. The van der Waals surface area contributed by atoms with Crippen LogP contribution in [0.3, 0.4) is 0 Å². The van der Waals surface area contributed by atoms with Gasteiger partial charge >= 0.3 is 12.0 Å². The van der Waals surface area contributed by atoms with Crippen molar-refractivity contribution >= 4 is 33.6 Å². The summed E-state index contributed by atoms with van der Waals surface area (Å²) in [4.78, 5) is 24.8. The third-order valence-corrected chi connectivity index (χ3v) is 3.39. The molecule has 0 saturated heterocycles. The minimum absolute atomic E-state index is 0.0454. The second-order valence-electron chi connectivity index (χ2n) is 4.64. The van der Waals surface area contributed by atoms with Crippen molar-refractivity contribution in [1.82, 2.24) is 10.2 Å². The first-order chi connectivity index (χ1) is 9.31. The van der Waals surface area contributed by atoms with E-state index in [2.05, 4.69) is 26.6 Å². The maximum Gasteiger partial charge on any atom is 0.337 e. The number of amides is 2. The Morgan fingerprint density at radius 3 is 2.60 bits per heavy atom. The summed E-state index contributed by atoms with van der Waals surface area (Å²) in [5.41, 5.74) is 0.297. The van der Waals surface area contributed by atoms with E-state index in [1.54, 1.807) is 12.1 Å². The molecule has 2 amide bonds. The number of carbonyl (C=O) groups excluding carboxylic acids is 1. The molecular weight excluding hydrogens is 326 g/mol. The summed E-state index contributed by atoms with van der Waals surface area (Å²) in [6.45, 7) is 2.44. The van der Waals surface area contributed by atoms with E-state index in [0.717, 1.165) is 0 Å². The lowest BCUT2D eigenvalue weighted by Crippen LogP contribution is -2.40. The van der Waals surface area contributed by atoms with Crippen LogP contribution in [0, 0.1) is 0 Å². The highest BCUT2D eigenvalue weighted by Crippen LogP contribution is 2.21. The minimum atomic E-state index is -1.09. The topological polar surface area (TPSA) is 81.7 Å². The van der Waals surface area contributed by atoms with E-state index in [0.29, 0.717) is 11.0 Å². The number of carboxylic acid groups (broad SMARTS) is 1. The first kappa shape index (κ1) is 16.5. The fourth-order valence-electron chi connectivity index (χ4n) is 1.40. The number of likely N-dealkylation sites (N-methyl/N-ethyl adjacent to an activating group) is 1. The van der Waals surface area contributed by atoms with E-state index in [1.165, 1.54) is 6.07 Å². The van der Waals surface area contributed by atoms with E-state index in [4.69, 9.17) is 5.11 Å². The molecule has 0 bridgehead atoms. The molecule has 1 aromatic rings. The molecule has 1 rings (SSSR count). The second-order valence-corrected chi connectivity index (χ2v) is 5.56. The van der Waals surface area contributed by atoms with Crippen LogP contribution in [-0.4, -0.2) is 48.7 Å². The van der Waals surface area contributed by atoms with Gasteiger partial charge in [0.2, 0.25) is 0 Å². The molecule has 1 atom stereocenters. The summed E-state index contributed by atoms with van der Waals surface area (Å²) in [6, 6.07) is 4.35. The number of benzene rings is 1. The number of urea groups is 1. The Balaban J connectivity index is 2.70. The smallest absolute Gasteiger partial charge is 0.337 e. The predicted molar refractivity (Wildman–Crippen MR) is 81.3 cm³/mol. The zero-order valence-corrected chi connectivity index (χ0v) is 13.2. The average molecular weight is 344 g/mol. The van der Waals surface area contributed by atoms with Gasteiger partial charge in [0.15, 0.2) is 0 Å². The highest BCUT2D eigenvalue weighted by atomic mass is 79.9. The molecule has 1 aromatic carbocycles. The Kier molecular flexibility index (Phi) is 5.97. The van der Waals surface area contributed by atoms with Crippen molar-refractivity contribution in [2.75, 3.05) is 26.0 Å². The molecule has 1 unspecified atom stereocenters. The van der Waals surface area contributed by atoms with Gasteiger partial charge in [0.25, 0.3) is 0 Å². The van der Waals surface area contributed by atoms with Crippen molar-refractivity contribution in [2.45, 2.75) is 13.0 Å². The fourth-order valence-corrected chi connectivity index (χ4v) is 1.76. The standard InChI is InChI=1S/C13H18BrN3O3/c1-8(17(2)3)7-15-13(20)16-11-6-9(14)4-5-10(11)12(18)19/h4-6,8H,7H2,1-3H3,(H,18,19)(H2,15,16,20). The highest BCUT2D eigenvalue weighted by Gasteiger charge is 2.13. The number of aromatic carboxylic acids is 1. The molecule has 0 heterocycles. The number of carbonyl (C=O) groups is 2. The van der Waals surface area contributed by atoms with E-state index in [-0.39, 0.29) is 17.3 Å². The molecular formula is C13H18BrN3O3. The van der Waals surface area contributed by atoms with Crippen LogP contribution in [-0.2, 0) is 0 Å². The van der Waals surface area contributed by atoms with Crippen LogP contribution in [0.15, 0.2) is 22.7 Å². The maximum atomic E-state index is 11.8. The third kappa shape index (κ3) is 4.82. The van der Waals surface area contributed by atoms with Crippen LogP contribution in [0.4, 0.5) is 10.5 Å². The first-order valence-electron chi connectivity index (χ1n) is 6.05. The van der Waals surface area contributed by atoms with Crippen molar-refractivity contribution in [1.29, 1.82) is 0 Å². The molecule has 110 valence electrons. The van der Waals surface area contributed by atoms with E-state index < -0.39 is 12.0 Å². The number of carboxylic acids is 1. The third-order valence-electron chi connectivity index (χ3n) is 2.90. The van der Waals surface area contributed by atoms with Gasteiger partial charge < -0.3 is 20.6 Å². The number of nitrogens with one attached hydrogen (secondary N) is 2. The molecule has 0 aromatic heterocycles. The molecule has 0 aliphatic rings. The van der Waals surface area contributed by atoms with E-state index in [1.807, 2.05) is 25.9 Å². The predicted octanol–water partition coefficient (Wildman–Crippen LogP) is 2.22. The summed E-state index contributed by atoms with van der Waals surface area (Å²) >= 11 is 3.25. The lowest BCUT2D eigenvalue weighted by atomic mass is 10.2. The van der Waals surface area contributed by atoms with Crippen molar-refractivity contribution < 1.29 is 14.7 Å². The average Bonchev–Trinajstić information content (AvgIpc) is 2.35. The molecule has 0 aliphatic heterocycles. The van der Waals surface area contributed by atoms with Gasteiger partial charge in [0, 0.05) is 17.1 Å². The van der Waals surface area contributed by atoms with Gasteiger partial charge in [-0.05, 0) is 39.2 Å². The first-order valence-corrected chi connectivity index (χ1v) is 6.84. The summed E-state index contributed by atoms with van der Waals surface area (Å²) < 4.78 is 0.694. The van der Waals surface area contributed by atoms with Gasteiger partial charge in [-0.1, -0.05) is 15.9 Å². The number of anilines is 1. The molecule has 20 heavy (non-hydrogen) atoms. The zero-order valence-electron chi connectivity index (χ0n) is 11.6. The summed E-state index contributed by atoms with van der Waals surface area (Å²) in [5, 5.41) is 14.3. The Morgan fingerprint density at radius 1 is 1.40 bits per heavy atom. The molecule has 0 spiro atoms. The number of nitrogens with zero attached hydrogens (tertiary/aromatic N) is 1. The van der Waals surface area contributed by atoms with Crippen LogP contribution in [0.25, 0.3) is 0 Å². The molecule has 0 aliphatic carbocycles. The van der Waals surface area contributed by atoms with E-state index in [9.17, 15) is 9.59 Å². The number of rotatable bonds is 5.